The molecule has 46 valence electrons. The minimum Gasteiger partial charge on any atom is -0.478 e. The van der Waals surface area contributed by atoms with Crippen molar-refractivity contribution in [3.63, 3.8) is 0 Å². The summed E-state index contributed by atoms with van der Waals surface area (Å²) < 4.78 is 5.10. The van der Waals surface area contributed by atoms with Crippen LogP contribution in [0.5, 0.6) is 0 Å². The van der Waals surface area contributed by atoms with Gasteiger partial charge in [-0.1, -0.05) is 13.3 Å². The standard InChI is InChI=1S/C6H11NO/c1-2-3-6-4-7-5-8-6/h5-6H,2-4H2,1H3. The predicted molar refractivity (Wildman–Crippen MR) is 33.1 cm³/mol. The van der Waals surface area contributed by atoms with Gasteiger partial charge in [-0.15, -0.1) is 0 Å². The second kappa shape index (κ2) is 2.70. The molecular formula is C6H11NO. The maximum atomic E-state index is 5.10. The van der Waals surface area contributed by atoms with Gasteiger partial charge in [-0.2, -0.15) is 0 Å². The molecule has 2 nitrogen and oxygen atoms in total. The van der Waals surface area contributed by atoms with Gasteiger partial charge < -0.3 is 4.74 Å². The van der Waals surface area contributed by atoms with Crippen LogP contribution in [0.4, 0.5) is 0 Å². The Balaban J connectivity index is 2.10. The maximum Gasteiger partial charge on any atom is 0.170 e. The van der Waals surface area contributed by atoms with E-state index in [1.807, 2.05) is 0 Å². The zero-order valence-electron chi connectivity index (χ0n) is 5.13. The number of rotatable bonds is 2. The monoisotopic (exact) mass is 113 g/mol. The molecule has 0 aromatic heterocycles. The van der Waals surface area contributed by atoms with Crippen LogP contribution < -0.4 is 0 Å². The van der Waals surface area contributed by atoms with Gasteiger partial charge in [0.05, 0.1) is 6.54 Å². The number of ether oxygens (including phenoxy) is 1. The highest BCUT2D eigenvalue weighted by Gasteiger charge is 2.09. The molecule has 0 aromatic rings. The summed E-state index contributed by atoms with van der Waals surface area (Å²) in [6, 6.07) is 0. The van der Waals surface area contributed by atoms with Crippen molar-refractivity contribution in [2.45, 2.75) is 25.9 Å². The van der Waals surface area contributed by atoms with Crippen LogP contribution in [0.1, 0.15) is 19.8 Å². The van der Waals surface area contributed by atoms with Gasteiger partial charge in [-0.3, -0.25) is 4.99 Å². The molecule has 1 atom stereocenters. The van der Waals surface area contributed by atoms with Gasteiger partial charge in [0.25, 0.3) is 0 Å². The molecule has 0 saturated heterocycles. The summed E-state index contributed by atoms with van der Waals surface area (Å²) >= 11 is 0. The van der Waals surface area contributed by atoms with Gasteiger partial charge in [0, 0.05) is 0 Å². The fourth-order valence-electron chi connectivity index (χ4n) is 0.814. The highest BCUT2D eigenvalue weighted by molar-refractivity contribution is 5.48. The van der Waals surface area contributed by atoms with Gasteiger partial charge >= 0.3 is 0 Å². The lowest BCUT2D eigenvalue weighted by atomic mass is 10.2. The first-order chi connectivity index (χ1) is 3.93. The Kier molecular flexibility index (Phi) is 1.89. The molecule has 0 radical (unpaired) electrons. The summed E-state index contributed by atoms with van der Waals surface area (Å²) in [5.41, 5.74) is 0. The Morgan fingerprint density at radius 2 is 2.75 bits per heavy atom. The van der Waals surface area contributed by atoms with E-state index in [0.717, 1.165) is 13.0 Å². The average Bonchev–Trinajstić information content (AvgIpc) is 2.19. The van der Waals surface area contributed by atoms with Gasteiger partial charge in [0.15, 0.2) is 6.40 Å². The third kappa shape index (κ3) is 1.22. The summed E-state index contributed by atoms with van der Waals surface area (Å²) in [5, 5.41) is 0. The molecule has 1 heterocycles. The van der Waals surface area contributed by atoms with Crippen LogP contribution in [0.2, 0.25) is 0 Å². The van der Waals surface area contributed by atoms with Crippen LogP contribution in [-0.2, 0) is 4.74 Å². The van der Waals surface area contributed by atoms with Crippen LogP contribution in [0.15, 0.2) is 4.99 Å². The van der Waals surface area contributed by atoms with Gasteiger partial charge in [-0.25, -0.2) is 0 Å². The van der Waals surface area contributed by atoms with Crippen molar-refractivity contribution >= 4 is 6.40 Å². The zero-order valence-corrected chi connectivity index (χ0v) is 5.13. The fourth-order valence-corrected chi connectivity index (χ4v) is 0.814. The Labute approximate surface area is 49.6 Å². The van der Waals surface area contributed by atoms with Gasteiger partial charge in [-0.05, 0) is 6.42 Å². The lowest BCUT2D eigenvalue weighted by Gasteiger charge is -2.04. The summed E-state index contributed by atoms with van der Waals surface area (Å²) in [6.07, 6.45) is 4.27. The van der Waals surface area contributed by atoms with Crippen molar-refractivity contribution in [2.24, 2.45) is 4.99 Å². The first kappa shape index (κ1) is 5.60. The lowest BCUT2D eigenvalue weighted by Crippen LogP contribution is -2.08. The SMILES string of the molecule is CCCC1CN=CO1. The molecule has 2 heteroatoms. The fraction of sp³-hybridized carbons (Fsp3) is 0.833. The van der Waals surface area contributed by atoms with Crippen molar-refractivity contribution in [3.8, 4) is 0 Å². The molecule has 1 unspecified atom stereocenters. The minimum absolute atomic E-state index is 0.389. The summed E-state index contributed by atoms with van der Waals surface area (Å²) in [7, 11) is 0. The number of hydrogen-bond acceptors (Lipinski definition) is 2. The second-order valence-electron chi connectivity index (χ2n) is 2.02. The first-order valence-electron chi connectivity index (χ1n) is 3.07. The van der Waals surface area contributed by atoms with Gasteiger partial charge in [0.2, 0.25) is 0 Å². The highest BCUT2D eigenvalue weighted by atomic mass is 16.5. The van der Waals surface area contributed by atoms with Crippen molar-refractivity contribution in [3.05, 3.63) is 0 Å². The van der Waals surface area contributed by atoms with Crippen LogP contribution >= 0.6 is 0 Å². The quantitative estimate of drug-likeness (QED) is 0.527. The third-order valence-corrected chi connectivity index (χ3v) is 1.25. The van der Waals surface area contributed by atoms with Gasteiger partial charge in [0.1, 0.15) is 6.10 Å². The molecule has 0 aromatic carbocycles. The molecule has 0 bridgehead atoms. The topological polar surface area (TPSA) is 21.6 Å². The molecule has 8 heavy (non-hydrogen) atoms. The minimum atomic E-state index is 0.389. The highest BCUT2D eigenvalue weighted by Crippen LogP contribution is 2.04. The largest absolute Gasteiger partial charge is 0.478 e. The molecular weight excluding hydrogens is 102 g/mol. The van der Waals surface area contributed by atoms with Crippen molar-refractivity contribution in [1.82, 2.24) is 0 Å². The molecule has 0 saturated carbocycles. The summed E-state index contributed by atoms with van der Waals surface area (Å²) in [5.74, 6) is 0. The van der Waals surface area contributed by atoms with Crippen LogP contribution in [0.3, 0.4) is 0 Å². The van der Waals surface area contributed by atoms with E-state index in [4.69, 9.17) is 4.74 Å². The molecule has 0 amide bonds. The van der Waals surface area contributed by atoms with E-state index in [-0.39, 0.29) is 0 Å². The molecule has 1 aliphatic rings. The van der Waals surface area contributed by atoms with E-state index >= 15 is 0 Å². The lowest BCUT2D eigenvalue weighted by molar-refractivity contribution is 0.221. The van der Waals surface area contributed by atoms with Crippen molar-refractivity contribution < 1.29 is 4.74 Å². The molecule has 0 aliphatic carbocycles. The Morgan fingerprint density at radius 1 is 1.88 bits per heavy atom. The van der Waals surface area contributed by atoms with Crippen LogP contribution in [0, 0.1) is 0 Å². The normalized spacial score (nSPS) is 25.9. The Hall–Kier alpha value is -0.530. The predicted octanol–water partition coefficient (Wildman–Crippen LogP) is 1.21. The Bertz CT molecular complexity index is 82.5. The van der Waals surface area contributed by atoms with E-state index in [0.29, 0.717) is 6.10 Å². The number of nitrogens with zero attached hydrogens (tertiary/aromatic N) is 1. The summed E-state index contributed by atoms with van der Waals surface area (Å²) in [4.78, 5) is 3.94. The molecule has 1 rings (SSSR count). The molecule has 1 aliphatic heterocycles. The van der Waals surface area contributed by atoms with Crippen LogP contribution in [-0.4, -0.2) is 19.0 Å². The molecule has 0 N–H and O–H groups in total. The average molecular weight is 113 g/mol. The van der Waals surface area contributed by atoms with Crippen LogP contribution in [0.25, 0.3) is 0 Å². The number of aliphatic imine (C=N–C) groups is 1. The first-order valence-corrected chi connectivity index (χ1v) is 3.07. The van der Waals surface area contributed by atoms with E-state index < -0.39 is 0 Å². The van der Waals surface area contributed by atoms with E-state index in [9.17, 15) is 0 Å². The second-order valence-corrected chi connectivity index (χ2v) is 2.02. The van der Waals surface area contributed by atoms with E-state index in [1.54, 1.807) is 6.40 Å². The molecule has 0 spiro atoms. The smallest absolute Gasteiger partial charge is 0.170 e. The third-order valence-electron chi connectivity index (χ3n) is 1.25. The van der Waals surface area contributed by atoms with E-state index in [1.165, 1.54) is 6.42 Å². The number of hydrogen-bond donors (Lipinski definition) is 0. The van der Waals surface area contributed by atoms with Crippen molar-refractivity contribution in [2.75, 3.05) is 6.54 Å². The van der Waals surface area contributed by atoms with E-state index in [2.05, 4.69) is 11.9 Å². The Morgan fingerprint density at radius 3 is 3.25 bits per heavy atom. The zero-order chi connectivity index (χ0) is 5.82. The molecule has 0 fully saturated rings. The van der Waals surface area contributed by atoms with Crippen molar-refractivity contribution in [1.29, 1.82) is 0 Å². The summed E-state index contributed by atoms with van der Waals surface area (Å²) in [6.45, 7) is 3.02. The maximum absolute atomic E-state index is 5.10.